The van der Waals surface area contributed by atoms with Crippen molar-refractivity contribution in [2.45, 2.75) is 137 Å². The Kier molecular flexibility index (Phi) is 10.8. The summed E-state index contributed by atoms with van der Waals surface area (Å²) in [4.78, 5) is 63.6. The van der Waals surface area contributed by atoms with Crippen LogP contribution in [-0.4, -0.2) is 113 Å². The number of halogens is 3. The van der Waals surface area contributed by atoms with Gasteiger partial charge >= 0.3 is 12.3 Å². The Morgan fingerprint density at radius 2 is 1.84 bits per heavy atom. The first-order valence-electron chi connectivity index (χ1n) is 21.0. The molecule has 1 aromatic carbocycles. The number of rotatable bonds is 8. The number of amides is 4. The number of carbonyl (C=O) groups excluding carboxylic acids is 3. The van der Waals surface area contributed by atoms with Gasteiger partial charge in [0.1, 0.15) is 33.7 Å². The van der Waals surface area contributed by atoms with Gasteiger partial charge in [-0.1, -0.05) is 25.0 Å². The summed E-state index contributed by atoms with van der Waals surface area (Å²) in [6.45, 7) is 1.28. The van der Waals surface area contributed by atoms with E-state index in [0.29, 0.717) is 49.7 Å². The average Bonchev–Trinajstić information content (AvgIpc) is 4.10. The number of nitrogens with zero attached hydrogens (tertiary/aromatic N) is 3. The smallest absolute Gasteiger partial charge is 0.437 e. The Bertz CT molecular complexity index is 2280. The summed E-state index contributed by atoms with van der Waals surface area (Å²) in [7, 11) is -1.46. The fourth-order valence-electron chi connectivity index (χ4n) is 10.0. The third-order valence-electron chi connectivity index (χ3n) is 14.0. The molecule has 3 aliphatic carbocycles. The molecule has 4 amide bonds. The van der Waals surface area contributed by atoms with E-state index in [4.69, 9.17) is 14.2 Å². The molecule has 1 saturated heterocycles. The van der Waals surface area contributed by atoms with Gasteiger partial charge in [-0.3, -0.25) is 24.0 Å². The van der Waals surface area contributed by atoms with Crippen LogP contribution >= 0.6 is 0 Å². The van der Waals surface area contributed by atoms with Gasteiger partial charge in [0.2, 0.25) is 21.8 Å². The van der Waals surface area contributed by atoms with Gasteiger partial charge in [0.25, 0.3) is 5.91 Å². The number of pyridine rings is 1. The molecule has 0 radical (unpaired) electrons. The first-order valence-corrected chi connectivity index (χ1v) is 22.4. The van der Waals surface area contributed by atoms with Gasteiger partial charge < -0.3 is 29.5 Å². The molecule has 332 valence electrons. The number of carboxylic acid groups (broad SMARTS) is 1. The predicted octanol–water partition coefficient (Wildman–Crippen LogP) is 5.24. The Morgan fingerprint density at radius 1 is 1.08 bits per heavy atom. The fraction of sp³-hybridized carbons (Fsp3) is 0.643. The van der Waals surface area contributed by atoms with Crippen molar-refractivity contribution in [2.75, 3.05) is 27.4 Å². The molecule has 15 nitrogen and oxygen atoms in total. The van der Waals surface area contributed by atoms with Gasteiger partial charge in [0.05, 0.1) is 25.8 Å². The van der Waals surface area contributed by atoms with Crippen molar-refractivity contribution in [2.24, 2.45) is 5.92 Å². The van der Waals surface area contributed by atoms with Crippen molar-refractivity contribution in [3.63, 3.8) is 0 Å². The minimum Gasteiger partial charge on any atom is -0.497 e. The number of allylic oxidation sites excluding steroid dienone is 1. The molecule has 1 spiro atoms. The van der Waals surface area contributed by atoms with Gasteiger partial charge in [-0.25, -0.2) is 18.2 Å². The van der Waals surface area contributed by atoms with Crippen LogP contribution in [-0.2, 0) is 41.7 Å². The van der Waals surface area contributed by atoms with E-state index in [1.165, 1.54) is 36.2 Å². The number of fused-ring (bicyclic) bond motifs is 5. The number of hydrogen-bond donors (Lipinski definition) is 3. The molecule has 8 rings (SSSR count). The SMILES string of the molecule is COCC1(S(=O)(=O)NC(=O)[C@@]23C[C@H]2/C=C\CCCCC[C@H](N(C(=O)O)C2(C)CCC2)C(=O)N2C[C@@]4(CCc5c(c(C(F)(F)F)nc6ccc(OC)cc56)O4)C[C@H]2C(=O)N3)CC1. The number of carbonyl (C=O) groups is 4. The highest BCUT2D eigenvalue weighted by atomic mass is 32.2. The molecule has 3 saturated carbocycles. The van der Waals surface area contributed by atoms with Crippen molar-refractivity contribution in [3.8, 4) is 11.5 Å². The molecule has 6 aliphatic rings. The Balaban J connectivity index is 1.19. The molecule has 1 aromatic heterocycles. The standard InChI is InChI=1S/C42H52F3N5O10S/c1-38(15-9-16-38)50(37(54)55)30-11-8-6-4-5-7-10-25-21-41(25,36(53)48-61(56,57)40(18-19-40)24-58-2)47-34(51)31-22-39(23-49(31)35(30)52)17-14-27-28-20-26(59-3)12-13-29(28)46-33(32(27)60-39)42(43,44)45/h7,10,12-13,20,25,30-31H,4-6,8-9,11,14-19,21-24H2,1-3H3,(H,47,51)(H,48,53)(H,54,55)/b10-7-/t25-,30+,31+,39-,41-/m1/s1. The molecule has 0 bridgehead atoms. The van der Waals surface area contributed by atoms with Crippen molar-refractivity contribution in [1.82, 2.24) is 24.8 Å². The lowest BCUT2D eigenvalue weighted by atomic mass is 9.76. The summed E-state index contributed by atoms with van der Waals surface area (Å²) >= 11 is 0. The lowest BCUT2D eigenvalue weighted by Gasteiger charge is -2.50. The number of alkyl halides is 3. The lowest BCUT2D eigenvalue weighted by molar-refractivity contribution is -0.147. The second kappa shape index (κ2) is 15.3. The number of ether oxygens (including phenoxy) is 3. The number of aromatic nitrogens is 1. The van der Waals surface area contributed by atoms with E-state index in [-0.39, 0.29) is 69.2 Å². The zero-order valence-electron chi connectivity index (χ0n) is 34.4. The quantitative estimate of drug-likeness (QED) is 0.294. The highest BCUT2D eigenvalue weighted by molar-refractivity contribution is 7.91. The van der Waals surface area contributed by atoms with Crippen LogP contribution < -0.4 is 19.5 Å². The summed E-state index contributed by atoms with van der Waals surface area (Å²) in [6.07, 6.45) is 2.08. The number of aryl methyl sites for hydroxylation is 1. The minimum absolute atomic E-state index is 0.0457. The second-order valence-electron chi connectivity index (χ2n) is 18.0. The highest BCUT2D eigenvalue weighted by Gasteiger charge is 2.65. The molecule has 4 heterocycles. The lowest BCUT2D eigenvalue weighted by Crippen LogP contribution is -2.63. The molecular weight excluding hydrogens is 824 g/mol. The van der Waals surface area contributed by atoms with Crippen LogP contribution in [0.1, 0.15) is 102 Å². The first kappa shape index (κ1) is 43.0. The summed E-state index contributed by atoms with van der Waals surface area (Å²) in [5, 5.41) is 13.9. The number of methoxy groups -OCH3 is 2. The summed E-state index contributed by atoms with van der Waals surface area (Å²) in [5.74, 6) is -3.23. The van der Waals surface area contributed by atoms with Crippen molar-refractivity contribution in [3.05, 3.63) is 41.6 Å². The third-order valence-corrected chi connectivity index (χ3v) is 16.1. The van der Waals surface area contributed by atoms with Gasteiger partial charge in [-0.2, -0.15) is 13.2 Å². The monoisotopic (exact) mass is 875 g/mol. The molecule has 0 unspecified atom stereocenters. The fourth-order valence-corrected chi connectivity index (χ4v) is 11.6. The molecule has 19 heteroatoms. The van der Waals surface area contributed by atoms with Crippen LogP contribution in [0.15, 0.2) is 30.4 Å². The molecule has 2 aromatic rings. The van der Waals surface area contributed by atoms with Crippen molar-refractivity contribution in [1.29, 1.82) is 0 Å². The van der Waals surface area contributed by atoms with E-state index in [0.717, 1.165) is 6.42 Å². The summed E-state index contributed by atoms with van der Waals surface area (Å²) in [5.41, 5.74) is -5.11. The number of hydrogen-bond acceptors (Lipinski definition) is 10. The van der Waals surface area contributed by atoms with Gasteiger partial charge in [-0.05, 0) is 95.8 Å². The van der Waals surface area contributed by atoms with Crippen LogP contribution in [0.5, 0.6) is 11.5 Å². The van der Waals surface area contributed by atoms with E-state index < -0.39 is 90.9 Å². The van der Waals surface area contributed by atoms with Crippen LogP contribution in [0.4, 0.5) is 18.0 Å². The summed E-state index contributed by atoms with van der Waals surface area (Å²) < 4.78 is 89.5. The molecule has 3 aliphatic heterocycles. The Morgan fingerprint density at radius 3 is 2.48 bits per heavy atom. The van der Waals surface area contributed by atoms with E-state index in [1.807, 2.05) is 6.08 Å². The van der Waals surface area contributed by atoms with Crippen molar-refractivity contribution < 1.29 is 60.1 Å². The van der Waals surface area contributed by atoms with Crippen LogP contribution in [0, 0.1) is 5.92 Å². The molecule has 61 heavy (non-hydrogen) atoms. The van der Waals surface area contributed by atoms with E-state index >= 15 is 4.79 Å². The van der Waals surface area contributed by atoms with E-state index in [9.17, 15) is 41.1 Å². The van der Waals surface area contributed by atoms with Gasteiger partial charge in [0, 0.05) is 35.9 Å². The van der Waals surface area contributed by atoms with Gasteiger partial charge in [0.15, 0.2) is 11.4 Å². The number of sulfonamides is 1. The maximum atomic E-state index is 15.2. The zero-order chi connectivity index (χ0) is 43.8. The third kappa shape index (κ3) is 7.56. The molecule has 5 atom stereocenters. The maximum absolute atomic E-state index is 15.2. The van der Waals surface area contributed by atoms with Crippen LogP contribution in [0.2, 0.25) is 0 Å². The highest BCUT2D eigenvalue weighted by Crippen LogP contribution is 2.51. The van der Waals surface area contributed by atoms with Gasteiger partial charge in [-0.15, -0.1) is 0 Å². The maximum Gasteiger partial charge on any atom is 0.437 e. The van der Waals surface area contributed by atoms with E-state index in [2.05, 4.69) is 15.0 Å². The Labute approximate surface area is 351 Å². The minimum atomic E-state index is -4.95. The second-order valence-corrected chi connectivity index (χ2v) is 20.1. The number of nitrogens with one attached hydrogen (secondary N) is 2. The van der Waals surface area contributed by atoms with Crippen molar-refractivity contribution >= 4 is 44.7 Å². The van der Waals surface area contributed by atoms with E-state index in [1.54, 1.807) is 19.1 Å². The average molecular weight is 876 g/mol. The molecular formula is C42H52F3N5O10S. The van der Waals surface area contributed by atoms with Crippen LogP contribution in [0.3, 0.4) is 0 Å². The normalized spacial score (nSPS) is 29.9. The Hall–Kier alpha value is -4.65. The summed E-state index contributed by atoms with van der Waals surface area (Å²) in [6, 6.07) is 1.84. The zero-order valence-corrected chi connectivity index (χ0v) is 35.3. The molecule has 4 fully saturated rings. The predicted molar refractivity (Wildman–Crippen MR) is 213 cm³/mol. The molecule has 3 N–H and O–H groups in total. The first-order chi connectivity index (χ1) is 28.8. The van der Waals surface area contributed by atoms with Crippen LogP contribution in [0.25, 0.3) is 10.9 Å². The number of benzene rings is 1. The largest absolute Gasteiger partial charge is 0.497 e. The topological polar surface area (TPSA) is 194 Å².